The molecule has 1 heterocycles. The van der Waals surface area contributed by atoms with Gasteiger partial charge in [0.05, 0.1) is 19.3 Å². The van der Waals surface area contributed by atoms with Gasteiger partial charge in [0.15, 0.2) is 0 Å². The summed E-state index contributed by atoms with van der Waals surface area (Å²) in [6.45, 7) is 1.68. The zero-order valence-corrected chi connectivity index (χ0v) is 10.3. The number of hydrogen-bond donors (Lipinski definition) is 3. The van der Waals surface area contributed by atoms with Crippen LogP contribution in [-0.2, 0) is 14.3 Å². The summed E-state index contributed by atoms with van der Waals surface area (Å²) in [6, 6.07) is -2.42. The molecule has 1 fully saturated rings. The monoisotopic (exact) mass is 259 g/mol. The van der Waals surface area contributed by atoms with Gasteiger partial charge in [-0.2, -0.15) is 0 Å². The van der Waals surface area contributed by atoms with Gasteiger partial charge in [-0.1, -0.05) is 0 Å². The van der Waals surface area contributed by atoms with Crippen LogP contribution in [0.2, 0.25) is 0 Å². The molecule has 0 aromatic heterocycles. The summed E-state index contributed by atoms with van der Waals surface area (Å²) in [5.41, 5.74) is 4.85. The molecule has 4 N–H and O–H groups in total. The van der Waals surface area contributed by atoms with Gasteiger partial charge in [0.25, 0.3) is 0 Å². The zero-order chi connectivity index (χ0) is 13.9. The molecule has 8 nitrogen and oxygen atoms in total. The van der Waals surface area contributed by atoms with Gasteiger partial charge in [-0.05, 0) is 6.92 Å². The quantitative estimate of drug-likeness (QED) is 0.513. The number of esters is 1. The molecule has 1 aliphatic rings. The number of methoxy groups -OCH3 is 1. The molecule has 1 aliphatic heterocycles. The Kier molecular flexibility index (Phi) is 4.62. The van der Waals surface area contributed by atoms with Crippen LogP contribution < -0.4 is 11.1 Å². The van der Waals surface area contributed by atoms with Crippen molar-refractivity contribution in [2.24, 2.45) is 5.73 Å². The standard InChI is InChI=1S/C10H17N3O5/c1-5(8(15)12-10(11)17)13-4-6(14)3-7(13)9(16)18-2/h5-7,14H,3-4H2,1-2H3,(H3,11,12,15,17). The smallest absolute Gasteiger partial charge is 0.323 e. The Hall–Kier alpha value is -1.67. The van der Waals surface area contributed by atoms with Gasteiger partial charge in [-0.25, -0.2) is 4.79 Å². The predicted molar refractivity (Wildman–Crippen MR) is 60.3 cm³/mol. The van der Waals surface area contributed by atoms with Gasteiger partial charge >= 0.3 is 12.0 Å². The number of nitrogens with two attached hydrogens (primary N) is 1. The molecule has 0 spiro atoms. The predicted octanol–water partition coefficient (Wildman–Crippen LogP) is -1.82. The molecular formula is C10H17N3O5. The van der Waals surface area contributed by atoms with Crippen LogP contribution in [-0.4, -0.2) is 59.8 Å². The second kappa shape index (κ2) is 5.78. The largest absolute Gasteiger partial charge is 0.468 e. The maximum Gasteiger partial charge on any atom is 0.323 e. The molecule has 1 saturated heterocycles. The van der Waals surface area contributed by atoms with Crippen LogP contribution >= 0.6 is 0 Å². The van der Waals surface area contributed by atoms with E-state index in [2.05, 4.69) is 4.74 Å². The van der Waals surface area contributed by atoms with E-state index in [0.717, 1.165) is 0 Å². The number of imide groups is 1. The Bertz CT molecular complexity index is 359. The average molecular weight is 259 g/mol. The third-order valence-electron chi connectivity index (χ3n) is 2.91. The van der Waals surface area contributed by atoms with Gasteiger partial charge in [0, 0.05) is 13.0 Å². The van der Waals surface area contributed by atoms with Crippen molar-refractivity contribution in [1.29, 1.82) is 0 Å². The number of aliphatic hydroxyl groups excluding tert-OH is 1. The highest BCUT2D eigenvalue weighted by atomic mass is 16.5. The molecule has 3 unspecified atom stereocenters. The van der Waals surface area contributed by atoms with Crippen LogP contribution in [0, 0.1) is 0 Å². The number of carbonyl (C=O) groups is 3. The van der Waals surface area contributed by atoms with E-state index in [1.54, 1.807) is 0 Å². The Labute approximate surface area is 104 Å². The van der Waals surface area contributed by atoms with E-state index >= 15 is 0 Å². The number of nitrogens with one attached hydrogen (secondary N) is 1. The first-order chi connectivity index (χ1) is 8.36. The van der Waals surface area contributed by atoms with E-state index in [0.29, 0.717) is 0 Å². The fourth-order valence-corrected chi connectivity index (χ4v) is 2.01. The third kappa shape index (κ3) is 3.17. The lowest BCUT2D eigenvalue weighted by Crippen LogP contribution is -2.52. The molecule has 18 heavy (non-hydrogen) atoms. The van der Waals surface area contributed by atoms with Gasteiger partial charge in [0.1, 0.15) is 6.04 Å². The van der Waals surface area contributed by atoms with Crippen molar-refractivity contribution in [3.05, 3.63) is 0 Å². The number of β-amino-alcohol motifs (C(OH)–C–C–N with tert-alkyl or cyclic N) is 1. The minimum Gasteiger partial charge on any atom is -0.468 e. The number of ether oxygens (including phenoxy) is 1. The third-order valence-corrected chi connectivity index (χ3v) is 2.91. The molecule has 0 aromatic rings. The van der Waals surface area contributed by atoms with Crippen LogP contribution in [0.15, 0.2) is 0 Å². The lowest BCUT2D eigenvalue weighted by molar-refractivity contribution is -0.147. The van der Waals surface area contributed by atoms with Crippen LogP contribution in [0.1, 0.15) is 13.3 Å². The molecule has 0 aromatic carbocycles. The second-order valence-corrected chi connectivity index (χ2v) is 4.15. The van der Waals surface area contributed by atoms with E-state index in [4.69, 9.17) is 5.73 Å². The highest BCUT2D eigenvalue weighted by Gasteiger charge is 2.41. The number of aliphatic hydroxyl groups is 1. The van der Waals surface area contributed by atoms with Crippen molar-refractivity contribution in [2.45, 2.75) is 31.5 Å². The maximum atomic E-state index is 11.6. The molecule has 102 valence electrons. The molecule has 0 bridgehead atoms. The van der Waals surface area contributed by atoms with Crippen molar-refractivity contribution >= 4 is 17.9 Å². The van der Waals surface area contributed by atoms with Crippen molar-refractivity contribution < 1.29 is 24.2 Å². The van der Waals surface area contributed by atoms with Crippen LogP contribution in [0.3, 0.4) is 0 Å². The first-order valence-corrected chi connectivity index (χ1v) is 5.48. The Morgan fingerprint density at radius 1 is 1.50 bits per heavy atom. The van der Waals surface area contributed by atoms with Crippen molar-refractivity contribution in [2.75, 3.05) is 13.7 Å². The normalized spacial score (nSPS) is 25.5. The fourth-order valence-electron chi connectivity index (χ4n) is 2.01. The summed E-state index contributed by atoms with van der Waals surface area (Å²) < 4.78 is 4.61. The Morgan fingerprint density at radius 3 is 2.61 bits per heavy atom. The van der Waals surface area contributed by atoms with Crippen LogP contribution in [0.5, 0.6) is 0 Å². The summed E-state index contributed by atoms with van der Waals surface area (Å²) in [7, 11) is 1.24. The van der Waals surface area contributed by atoms with Gasteiger partial charge in [0.2, 0.25) is 5.91 Å². The van der Waals surface area contributed by atoms with Gasteiger partial charge in [-0.3, -0.25) is 19.8 Å². The molecule has 0 aliphatic carbocycles. The lowest BCUT2D eigenvalue weighted by Gasteiger charge is -2.27. The summed E-state index contributed by atoms with van der Waals surface area (Å²) in [5, 5.41) is 11.5. The SMILES string of the molecule is COC(=O)C1CC(O)CN1C(C)C(=O)NC(N)=O. The van der Waals surface area contributed by atoms with E-state index in [1.807, 2.05) is 5.32 Å². The highest BCUT2D eigenvalue weighted by molar-refractivity contribution is 5.96. The van der Waals surface area contributed by atoms with Crippen molar-refractivity contribution in [1.82, 2.24) is 10.2 Å². The van der Waals surface area contributed by atoms with E-state index in [9.17, 15) is 19.5 Å². The number of hydrogen-bond acceptors (Lipinski definition) is 6. The molecule has 3 atom stereocenters. The average Bonchev–Trinajstić information content (AvgIpc) is 2.68. The first-order valence-electron chi connectivity index (χ1n) is 5.48. The molecule has 3 amide bonds. The zero-order valence-electron chi connectivity index (χ0n) is 10.3. The number of urea groups is 1. The first kappa shape index (κ1) is 14.4. The van der Waals surface area contributed by atoms with Crippen LogP contribution in [0.4, 0.5) is 4.79 Å². The Morgan fingerprint density at radius 2 is 2.11 bits per heavy atom. The molecule has 1 rings (SSSR count). The van der Waals surface area contributed by atoms with Crippen molar-refractivity contribution in [3.8, 4) is 0 Å². The van der Waals surface area contributed by atoms with E-state index in [-0.39, 0.29) is 13.0 Å². The minimum absolute atomic E-state index is 0.160. The number of likely N-dealkylation sites (tertiary alicyclic amines) is 1. The molecule has 0 radical (unpaired) electrons. The summed E-state index contributed by atoms with van der Waals surface area (Å²) in [4.78, 5) is 35.2. The number of nitrogens with zero attached hydrogens (tertiary/aromatic N) is 1. The van der Waals surface area contributed by atoms with Gasteiger partial charge < -0.3 is 15.6 Å². The van der Waals surface area contributed by atoms with Crippen LogP contribution in [0.25, 0.3) is 0 Å². The minimum atomic E-state index is -0.957. The topological polar surface area (TPSA) is 122 Å². The lowest BCUT2D eigenvalue weighted by atomic mass is 10.2. The number of rotatable bonds is 3. The molecule has 8 heteroatoms. The molecular weight excluding hydrogens is 242 g/mol. The van der Waals surface area contributed by atoms with E-state index in [1.165, 1.54) is 18.9 Å². The Balaban J connectivity index is 2.76. The van der Waals surface area contributed by atoms with E-state index < -0.39 is 36.1 Å². The maximum absolute atomic E-state index is 11.6. The number of carbonyl (C=O) groups excluding carboxylic acids is 3. The van der Waals surface area contributed by atoms with Crippen molar-refractivity contribution in [3.63, 3.8) is 0 Å². The summed E-state index contributed by atoms with van der Waals surface area (Å²) in [6.07, 6.45) is -0.515. The van der Waals surface area contributed by atoms with Gasteiger partial charge in [-0.15, -0.1) is 0 Å². The summed E-state index contributed by atoms with van der Waals surface area (Å²) in [5.74, 6) is -1.14. The highest BCUT2D eigenvalue weighted by Crippen LogP contribution is 2.21. The summed E-state index contributed by atoms with van der Waals surface area (Å²) >= 11 is 0. The fraction of sp³-hybridized carbons (Fsp3) is 0.700. The second-order valence-electron chi connectivity index (χ2n) is 4.15. The number of primary amides is 1. The molecule has 0 saturated carbocycles. The number of amides is 3.